The van der Waals surface area contributed by atoms with Crippen LogP contribution in [0.25, 0.3) is 0 Å². The number of para-hydroxylation sites is 1. The quantitative estimate of drug-likeness (QED) is 0.758. The molecular formula is C22H25N5. The Morgan fingerprint density at radius 1 is 0.778 bits per heavy atom. The van der Waals surface area contributed by atoms with Crippen LogP contribution in [0.5, 0.6) is 0 Å². The molecule has 0 radical (unpaired) electrons. The number of rotatable bonds is 4. The molecule has 1 N–H and O–H groups in total. The Hall–Kier alpha value is -3.08. The van der Waals surface area contributed by atoms with Crippen LogP contribution in [0.15, 0.2) is 60.7 Å². The Kier molecular flexibility index (Phi) is 4.92. The third-order valence-corrected chi connectivity index (χ3v) is 4.84. The van der Waals surface area contributed by atoms with Crippen molar-refractivity contribution in [1.29, 1.82) is 0 Å². The molecule has 0 saturated carbocycles. The van der Waals surface area contributed by atoms with Crippen molar-refractivity contribution in [2.24, 2.45) is 0 Å². The van der Waals surface area contributed by atoms with Gasteiger partial charge in [-0.05, 0) is 43.7 Å². The van der Waals surface area contributed by atoms with Crippen molar-refractivity contribution in [3.05, 3.63) is 71.9 Å². The highest BCUT2D eigenvalue weighted by molar-refractivity contribution is 5.56. The lowest BCUT2D eigenvalue weighted by Crippen LogP contribution is -2.47. The number of piperazine rings is 1. The van der Waals surface area contributed by atoms with E-state index in [-0.39, 0.29) is 0 Å². The van der Waals surface area contributed by atoms with E-state index < -0.39 is 0 Å². The molecule has 1 aliphatic heterocycles. The van der Waals surface area contributed by atoms with Gasteiger partial charge in [-0.25, -0.2) is 4.98 Å². The summed E-state index contributed by atoms with van der Waals surface area (Å²) in [6.45, 7) is 8.06. The Bertz CT molecular complexity index is 902. The van der Waals surface area contributed by atoms with Crippen molar-refractivity contribution in [3.63, 3.8) is 0 Å². The third kappa shape index (κ3) is 4.19. The minimum atomic E-state index is 0.650. The summed E-state index contributed by atoms with van der Waals surface area (Å²) in [5.41, 5.74) is 4.58. The van der Waals surface area contributed by atoms with Gasteiger partial charge in [-0.1, -0.05) is 30.3 Å². The highest BCUT2D eigenvalue weighted by Crippen LogP contribution is 2.22. The minimum absolute atomic E-state index is 0.650. The maximum Gasteiger partial charge on any atom is 0.229 e. The predicted molar refractivity (Wildman–Crippen MR) is 112 cm³/mol. The second kappa shape index (κ2) is 7.66. The van der Waals surface area contributed by atoms with E-state index in [0.717, 1.165) is 43.4 Å². The van der Waals surface area contributed by atoms with Gasteiger partial charge in [-0.2, -0.15) is 4.98 Å². The molecule has 2 heterocycles. The van der Waals surface area contributed by atoms with Crippen molar-refractivity contribution in [3.8, 4) is 0 Å². The molecule has 5 nitrogen and oxygen atoms in total. The molecule has 2 aromatic carbocycles. The minimum Gasteiger partial charge on any atom is -0.368 e. The molecule has 0 unspecified atom stereocenters. The van der Waals surface area contributed by atoms with E-state index in [1.54, 1.807) is 0 Å². The van der Waals surface area contributed by atoms with Gasteiger partial charge in [0.15, 0.2) is 0 Å². The van der Waals surface area contributed by atoms with E-state index in [9.17, 15) is 0 Å². The van der Waals surface area contributed by atoms with Crippen molar-refractivity contribution < 1.29 is 0 Å². The maximum absolute atomic E-state index is 4.75. The van der Waals surface area contributed by atoms with Crippen molar-refractivity contribution >= 4 is 23.1 Å². The van der Waals surface area contributed by atoms with Crippen LogP contribution >= 0.6 is 0 Å². The summed E-state index contributed by atoms with van der Waals surface area (Å²) in [7, 11) is 0. The van der Waals surface area contributed by atoms with E-state index in [4.69, 9.17) is 4.98 Å². The monoisotopic (exact) mass is 359 g/mol. The van der Waals surface area contributed by atoms with E-state index in [0.29, 0.717) is 5.95 Å². The molecule has 1 fully saturated rings. The van der Waals surface area contributed by atoms with Crippen LogP contribution in [0.1, 0.15) is 11.3 Å². The first kappa shape index (κ1) is 17.3. The zero-order chi connectivity index (χ0) is 18.6. The van der Waals surface area contributed by atoms with E-state index in [1.807, 2.05) is 37.3 Å². The molecule has 0 bridgehead atoms. The first-order valence-corrected chi connectivity index (χ1v) is 9.42. The topological polar surface area (TPSA) is 44.3 Å². The standard InChI is InChI=1S/C22H25N5/c1-17-7-6-10-20(15-17)26-11-13-27(14-12-26)21-16-18(2)23-22(25-21)24-19-8-4-3-5-9-19/h3-10,15-16H,11-14H2,1-2H3,(H,23,24,25). The summed E-state index contributed by atoms with van der Waals surface area (Å²) in [6, 6.07) is 20.8. The highest BCUT2D eigenvalue weighted by atomic mass is 15.3. The number of hydrogen-bond acceptors (Lipinski definition) is 5. The van der Waals surface area contributed by atoms with Gasteiger partial charge in [0.2, 0.25) is 5.95 Å². The number of aryl methyl sites for hydroxylation is 2. The van der Waals surface area contributed by atoms with Gasteiger partial charge in [0.1, 0.15) is 5.82 Å². The molecule has 0 aliphatic carbocycles. The smallest absolute Gasteiger partial charge is 0.229 e. The number of anilines is 4. The fourth-order valence-electron chi connectivity index (χ4n) is 3.44. The van der Waals surface area contributed by atoms with Gasteiger partial charge < -0.3 is 15.1 Å². The van der Waals surface area contributed by atoms with Crippen LogP contribution < -0.4 is 15.1 Å². The fraction of sp³-hybridized carbons (Fsp3) is 0.273. The van der Waals surface area contributed by atoms with Gasteiger partial charge in [0.05, 0.1) is 0 Å². The molecule has 27 heavy (non-hydrogen) atoms. The van der Waals surface area contributed by atoms with E-state index in [1.165, 1.54) is 11.3 Å². The largest absolute Gasteiger partial charge is 0.368 e. The summed E-state index contributed by atoms with van der Waals surface area (Å²) < 4.78 is 0. The molecule has 5 heteroatoms. The molecule has 1 saturated heterocycles. The molecule has 1 aromatic heterocycles. The lowest BCUT2D eigenvalue weighted by molar-refractivity contribution is 0.646. The Morgan fingerprint density at radius 2 is 1.52 bits per heavy atom. The Balaban J connectivity index is 1.46. The fourth-order valence-corrected chi connectivity index (χ4v) is 3.44. The average Bonchev–Trinajstić information content (AvgIpc) is 2.68. The van der Waals surface area contributed by atoms with Crippen LogP contribution in [-0.4, -0.2) is 36.1 Å². The average molecular weight is 359 g/mol. The van der Waals surface area contributed by atoms with Gasteiger partial charge in [0.25, 0.3) is 0 Å². The predicted octanol–water partition coefficient (Wildman–Crippen LogP) is 4.16. The second-order valence-corrected chi connectivity index (χ2v) is 7.00. The van der Waals surface area contributed by atoms with Crippen LogP contribution in [-0.2, 0) is 0 Å². The van der Waals surface area contributed by atoms with Crippen LogP contribution in [0, 0.1) is 13.8 Å². The molecule has 1 aliphatic rings. The second-order valence-electron chi connectivity index (χ2n) is 7.00. The third-order valence-electron chi connectivity index (χ3n) is 4.84. The number of hydrogen-bond donors (Lipinski definition) is 1. The molecule has 138 valence electrons. The van der Waals surface area contributed by atoms with Gasteiger partial charge in [-0.3, -0.25) is 0 Å². The van der Waals surface area contributed by atoms with Gasteiger partial charge >= 0.3 is 0 Å². The number of benzene rings is 2. The molecule has 0 atom stereocenters. The molecule has 4 rings (SSSR count). The molecular weight excluding hydrogens is 334 g/mol. The highest BCUT2D eigenvalue weighted by Gasteiger charge is 2.19. The van der Waals surface area contributed by atoms with Crippen molar-refractivity contribution in [2.45, 2.75) is 13.8 Å². The van der Waals surface area contributed by atoms with Crippen molar-refractivity contribution in [1.82, 2.24) is 9.97 Å². The Morgan fingerprint density at radius 3 is 2.26 bits per heavy atom. The Labute approximate surface area is 160 Å². The van der Waals surface area contributed by atoms with Gasteiger partial charge in [-0.15, -0.1) is 0 Å². The number of nitrogens with one attached hydrogen (secondary N) is 1. The summed E-state index contributed by atoms with van der Waals surface area (Å²) in [5.74, 6) is 1.64. The van der Waals surface area contributed by atoms with E-state index in [2.05, 4.69) is 57.4 Å². The zero-order valence-electron chi connectivity index (χ0n) is 15.9. The van der Waals surface area contributed by atoms with Crippen LogP contribution in [0.4, 0.5) is 23.1 Å². The SMILES string of the molecule is Cc1cccc(N2CCN(c3cc(C)nc(Nc4ccccc4)n3)CC2)c1. The zero-order valence-corrected chi connectivity index (χ0v) is 15.9. The summed E-state index contributed by atoms with van der Waals surface area (Å²) >= 11 is 0. The summed E-state index contributed by atoms with van der Waals surface area (Å²) in [5, 5.41) is 3.31. The first-order chi connectivity index (χ1) is 13.2. The van der Waals surface area contributed by atoms with E-state index >= 15 is 0 Å². The first-order valence-electron chi connectivity index (χ1n) is 9.42. The van der Waals surface area contributed by atoms with Crippen molar-refractivity contribution in [2.75, 3.05) is 41.3 Å². The number of nitrogens with zero attached hydrogens (tertiary/aromatic N) is 4. The molecule has 3 aromatic rings. The summed E-state index contributed by atoms with van der Waals surface area (Å²) in [6.07, 6.45) is 0. The lowest BCUT2D eigenvalue weighted by atomic mass is 10.2. The number of aromatic nitrogens is 2. The summed E-state index contributed by atoms with van der Waals surface area (Å²) in [4.78, 5) is 14.1. The van der Waals surface area contributed by atoms with Crippen LogP contribution in [0.3, 0.4) is 0 Å². The molecule has 0 amide bonds. The lowest BCUT2D eigenvalue weighted by Gasteiger charge is -2.37. The van der Waals surface area contributed by atoms with Crippen LogP contribution in [0.2, 0.25) is 0 Å². The maximum atomic E-state index is 4.75. The van der Waals surface area contributed by atoms with Gasteiger partial charge in [0, 0.05) is 49.3 Å². The normalized spacial score (nSPS) is 14.3. The molecule has 0 spiro atoms.